The molecule has 0 spiro atoms. The van der Waals surface area contributed by atoms with Gasteiger partial charge in [-0.05, 0) is 32.0 Å². The molecule has 2 aromatic rings. The summed E-state index contributed by atoms with van der Waals surface area (Å²) in [6.07, 6.45) is 3.22. The molecule has 1 amide bonds. The first kappa shape index (κ1) is 14.1. The van der Waals surface area contributed by atoms with E-state index < -0.39 is 0 Å². The van der Waals surface area contributed by atoms with Crippen LogP contribution in [0.2, 0.25) is 0 Å². The molecule has 5 nitrogen and oxygen atoms in total. The first-order valence-electron chi connectivity index (χ1n) is 6.55. The number of aryl methyl sites for hydroxylation is 1. The van der Waals surface area contributed by atoms with Gasteiger partial charge in [0.25, 0.3) is 11.5 Å². The van der Waals surface area contributed by atoms with Crippen molar-refractivity contribution in [1.29, 1.82) is 0 Å². The van der Waals surface area contributed by atoms with Crippen molar-refractivity contribution >= 4 is 5.91 Å². The molecule has 0 aliphatic heterocycles. The van der Waals surface area contributed by atoms with E-state index in [0.29, 0.717) is 17.9 Å². The molecule has 0 saturated carbocycles. The summed E-state index contributed by atoms with van der Waals surface area (Å²) in [5.74, 6) is 0.511. The standard InChI is InChI=1S/C15H18N2O3/c1-4-17-8-7-12(10-14(17)18)15(19)16(3)11(2)13-6-5-9-20-13/h5-11H,4H2,1-3H3. The number of aromatic nitrogens is 1. The fourth-order valence-electron chi connectivity index (χ4n) is 2.00. The highest BCUT2D eigenvalue weighted by atomic mass is 16.3. The zero-order valence-corrected chi connectivity index (χ0v) is 11.9. The predicted molar refractivity (Wildman–Crippen MR) is 75.6 cm³/mol. The van der Waals surface area contributed by atoms with Crippen LogP contribution in [-0.2, 0) is 6.54 Å². The summed E-state index contributed by atoms with van der Waals surface area (Å²) in [4.78, 5) is 25.7. The Morgan fingerprint density at radius 3 is 2.75 bits per heavy atom. The van der Waals surface area contributed by atoms with Crippen LogP contribution in [0.25, 0.3) is 0 Å². The molecule has 2 heterocycles. The average Bonchev–Trinajstić information content (AvgIpc) is 2.99. The number of nitrogens with zero attached hydrogens (tertiary/aromatic N) is 2. The lowest BCUT2D eigenvalue weighted by atomic mass is 10.2. The number of furan rings is 1. The van der Waals surface area contributed by atoms with Gasteiger partial charge in [0.15, 0.2) is 0 Å². The summed E-state index contributed by atoms with van der Waals surface area (Å²) in [5, 5.41) is 0. The predicted octanol–water partition coefficient (Wildman–Crippen LogP) is 2.29. The maximum Gasteiger partial charge on any atom is 0.254 e. The van der Waals surface area contributed by atoms with Crippen molar-refractivity contribution in [2.24, 2.45) is 0 Å². The van der Waals surface area contributed by atoms with Gasteiger partial charge < -0.3 is 13.9 Å². The minimum absolute atomic E-state index is 0.169. The fourth-order valence-corrected chi connectivity index (χ4v) is 2.00. The van der Waals surface area contributed by atoms with E-state index >= 15 is 0 Å². The van der Waals surface area contributed by atoms with Gasteiger partial charge in [0, 0.05) is 31.4 Å². The summed E-state index contributed by atoms with van der Waals surface area (Å²) >= 11 is 0. The van der Waals surface area contributed by atoms with Crippen molar-refractivity contribution in [2.45, 2.75) is 26.4 Å². The minimum Gasteiger partial charge on any atom is -0.467 e. The highest BCUT2D eigenvalue weighted by Gasteiger charge is 2.21. The number of hydrogen-bond donors (Lipinski definition) is 0. The van der Waals surface area contributed by atoms with E-state index in [-0.39, 0.29) is 17.5 Å². The van der Waals surface area contributed by atoms with Gasteiger partial charge in [-0.15, -0.1) is 0 Å². The Hall–Kier alpha value is -2.30. The molecule has 0 aliphatic carbocycles. The van der Waals surface area contributed by atoms with Crippen LogP contribution in [0.4, 0.5) is 0 Å². The molecule has 1 unspecified atom stereocenters. The van der Waals surface area contributed by atoms with E-state index in [0.717, 1.165) is 0 Å². The van der Waals surface area contributed by atoms with Crippen LogP contribution < -0.4 is 5.56 Å². The largest absolute Gasteiger partial charge is 0.467 e. The molecule has 0 fully saturated rings. The lowest BCUT2D eigenvalue weighted by Crippen LogP contribution is -2.31. The van der Waals surface area contributed by atoms with Crippen LogP contribution in [0.5, 0.6) is 0 Å². The number of hydrogen-bond acceptors (Lipinski definition) is 3. The smallest absolute Gasteiger partial charge is 0.254 e. The third kappa shape index (κ3) is 2.66. The molecule has 20 heavy (non-hydrogen) atoms. The Balaban J connectivity index is 2.22. The minimum atomic E-state index is -0.200. The average molecular weight is 274 g/mol. The molecular formula is C15H18N2O3. The van der Waals surface area contributed by atoms with Gasteiger partial charge in [-0.1, -0.05) is 0 Å². The van der Waals surface area contributed by atoms with Gasteiger partial charge in [-0.25, -0.2) is 0 Å². The second-order valence-corrected chi connectivity index (χ2v) is 4.65. The summed E-state index contributed by atoms with van der Waals surface area (Å²) < 4.78 is 6.85. The van der Waals surface area contributed by atoms with Crippen molar-refractivity contribution in [3.8, 4) is 0 Å². The van der Waals surface area contributed by atoms with Crippen molar-refractivity contribution in [3.05, 3.63) is 58.4 Å². The van der Waals surface area contributed by atoms with Crippen LogP contribution in [0.3, 0.4) is 0 Å². The molecule has 0 aromatic carbocycles. The van der Waals surface area contributed by atoms with E-state index in [1.54, 1.807) is 41.1 Å². The normalized spacial score (nSPS) is 12.2. The van der Waals surface area contributed by atoms with Gasteiger partial charge in [0.1, 0.15) is 5.76 Å². The number of carbonyl (C=O) groups is 1. The second-order valence-electron chi connectivity index (χ2n) is 4.65. The Morgan fingerprint density at radius 2 is 2.20 bits per heavy atom. The molecular weight excluding hydrogens is 256 g/mol. The van der Waals surface area contributed by atoms with E-state index in [1.165, 1.54) is 6.07 Å². The second kappa shape index (κ2) is 5.77. The number of rotatable bonds is 4. The Bertz CT molecular complexity index is 643. The van der Waals surface area contributed by atoms with Gasteiger partial charge in [0.2, 0.25) is 0 Å². The number of pyridine rings is 1. The van der Waals surface area contributed by atoms with E-state index in [1.807, 2.05) is 19.9 Å². The molecule has 2 rings (SSSR count). The molecule has 106 valence electrons. The fraction of sp³-hybridized carbons (Fsp3) is 0.333. The zero-order chi connectivity index (χ0) is 14.7. The Kier molecular flexibility index (Phi) is 4.08. The number of amides is 1. The maximum absolute atomic E-state index is 12.4. The van der Waals surface area contributed by atoms with Crippen molar-refractivity contribution in [3.63, 3.8) is 0 Å². The summed E-state index contributed by atoms with van der Waals surface area (Å²) in [6.45, 7) is 4.35. The molecule has 2 aromatic heterocycles. The van der Waals surface area contributed by atoms with Crippen molar-refractivity contribution < 1.29 is 9.21 Å². The highest BCUT2D eigenvalue weighted by Crippen LogP contribution is 2.20. The molecule has 0 N–H and O–H groups in total. The first-order chi connectivity index (χ1) is 9.54. The molecule has 0 saturated heterocycles. The van der Waals surface area contributed by atoms with Gasteiger partial charge in [0.05, 0.1) is 12.3 Å². The van der Waals surface area contributed by atoms with Crippen molar-refractivity contribution in [2.75, 3.05) is 7.05 Å². The first-order valence-corrected chi connectivity index (χ1v) is 6.55. The zero-order valence-electron chi connectivity index (χ0n) is 11.9. The SMILES string of the molecule is CCn1ccc(C(=O)N(C)C(C)c2ccco2)cc1=O. The molecule has 0 radical (unpaired) electrons. The quantitative estimate of drug-likeness (QED) is 0.859. The summed E-state index contributed by atoms with van der Waals surface area (Å²) in [6, 6.07) is 6.46. The summed E-state index contributed by atoms with van der Waals surface area (Å²) in [5.41, 5.74) is 0.220. The third-order valence-corrected chi connectivity index (χ3v) is 3.44. The maximum atomic E-state index is 12.4. The van der Waals surface area contributed by atoms with Gasteiger partial charge in [-0.3, -0.25) is 9.59 Å². The van der Waals surface area contributed by atoms with Crippen LogP contribution >= 0.6 is 0 Å². The highest BCUT2D eigenvalue weighted by molar-refractivity contribution is 5.94. The van der Waals surface area contributed by atoms with Gasteiger partial charge >= 0.3 is 0 Å². The van der Waals surface area contributed by atoms with Crippen LogP contribution in [0, 0.1) is 0 Å². The lowest BCUT2D eigenvalue weighted by Gasteiger charge is -2.23. The van der Waals surface area contributed by atoms with Crippen LogP contribution in [0.15, 0.2) is 45.9 Å². The van der Waals surface area contributed by atoms with E-state index in [9.17, 15) is 9.59 Å². The van der Waals surface area contributed by atoms with Gasteiger partial charge in [-0.2, -0.15) is 0 Å². The molecule has 0 aliphatic rings. The number of carbonyl (C=O) groups excluding carboxylic acids is 1. The topological polar surface area (TPSA) is 55.5 Å². The van der Waals surface area contributed by atoms with Crippen LogP contribution in [-0.4, -0.2) is 22.4 Å². The molecule has 1 atom stereocenters. The Morgan fingerprint density at radius 1 is 1.45 bits per heavy atom. The molecule has 5 heteroatoms. The lowest BCUT2D eigenvalue weighted by molar-refractivity contribution is 0.0726. The monoisotopic (exact) mass is 274 g/mol. The van der Waals surface area contributed by atoms with E-state index in [2.05, 4.69) is 0 Å². The summed E-state index contributed by atoms with van der Waals surface area (Å²) in [7, 11) is 1.70. The molecule has 0 bridgehead atoms. The van der Waals surface area contributed by atoms with E-state index in [4.69, 9.17) is 4.42 Å². The third-order valence-electron chi connectivity index (χ3n) is 3.44. The van der Waals surface area contributed by atoms with Crippen LogP contribution in [0.1, 0.15) is 36.0 Å². The Labute approximate surface area is 117 Å². The van der Waals surface area contributed by atoms with Crippen molar-refractivity contribution in [1.82, 2.24) is 9.47 Å².